The van der Waals surface area contributed by atoms with Crippen LogP contribution in [0.15, 0.2) is 0 Å². The minimum Gasteiger partial charge on any atom is -0.353 e. The summed E-state index contributed by atoms with van der Waals surface area (Å²) in [5, 5.41) is 8.10. The highest BCUT2D eigenvalue weighted by Gasteiger charge is 2.44. The third kappa shape index (κ3) is 5.19. The molecular formula is C21H33N5O5S. The molecule has 178 valence electrons. The third-order valence-corrected chi connectivity index (χ3v) is 6.59. The summed E-state index contributed by atoms with van der Waals surface area (Å²) in [6.45, 7) is 4.72. The Labute approximate surface area is 193 Å². The van der Waals surface area contributed by atoms with E-state index in [1.807, 2.05) is 0 Å². The number of carbonyl (C=O) groups excluding carboxylic acids is 5. The van der Waals surface area contributed by atoms with E-state index in [2.05, 4.69) is 28.6 Å². The summed E-state index contributed by atoms with van der Waals surface area (Å²) in [5.74, 6) is -1.84. The number of thiol groups is 1. The van der Waals surface area contributed by atoms with Gasteiger partial charge < -0.3 is 25.8 Å². The smallest absolute Gasteiger partial charge is 0.246 e. The molecule has 4 atom stereocenters. The lowest BCUT2D eigenvalue weighted by molar-refractivity contribution is -0.147. The Morgan fingerprint density at radius 2 is 1.69 bits per heavy atom. The molecule has 32 heavy (non-hydrogen) atoms. The average molecular weight is 468 g/mol. The van der Waals surface area contributed by atoms with E-state index in [1.54, 1.807) is 18.7 Å². The van der Waals surface area contributed by atoms with Crippen LogP contribution < -0.4 is 16.0 Å². The van der Waals surface area contributed by atoms with Gasteiger partial charge in [0, 0.05) is 25.4 Å². The van der Waals surface area contributed by atoms with Crippen LogP contribution in [-0.2, 0) is 24.0 Å². The number of nitrogens with one attached hydrogen (secondary N) is 3. The Morgan fingerprint density at radius 1 is 1.03 bits per heavy atom. The topological polar surface area (TPSA) is 128 Å². The van der Waals surface area contributed by atoms with Crippen molar-refractivity contribution in [3.05, 3.63) is 0 Å². The number of hydrogen-bond donors (Lipinski definition) is 4. The molecular weight excluding hydrogens is 434 g/mol. The molecule has 5 amide bonds. The first-order valence-corrected chi connectivity index (χ1v) is 12.0. The zero-order valence-corrected chi connectivity index (χ0v) is 19.5. The highest BCUT2D eigenvalue weighted by molar-refractivity contribution is 7.80. The second-order valence-electron chi connectivity index (χ2n) is 8.95. The summed E-state index contributed by atoms with van der Waals surface area (Å²) in [5.41, 5.74) is 0. The molecule has 0 aliphatic carbocycles. The molecule has 0 radical (unpaired) electrons. The molecule has 3 aliphatic rings. The molecule has 3 rings (SSSR count). The van der Waals surface area contributed by atoms with E-state index in [4.69, 9.17) is 0 Å². The summed E-state index contributed by atoms with van der Waals surface area (Å²) >= 11 is 4.08. The van der Waals surface area contributed by atoms with Gasteiger partial charge in [-0.25, -0.2) is 0 Å². The highest BCUT2D eigenvalue weighted by Crippen LogP contribution is 2.26. The Kier molecular flexibility index (Phi) is 8.02. The predicted octanol–water partition coefficient (Wildman–Crippen LogP) is -0.956. The Bertz CT molecular complexity index is 766. The summed E-state index contributed by atoms with van der Waals surface area (Å²) in [6, 6.07) is -3.31. The molecule has 0 spiro atoms. The second kappa shape index (κ2) is 10.5. The van der Waals surface area contributed by atoms with Crippen LogP contribution in [0.1, 0.15) is 46.0 Å². The minimum atomic E-state index is -1.11. The van der Waals surface area contributed by atoms with Gasteiger partial charge in [0.1, 0.15) is 24.2 Å². The first-order valence-electron chi connectivity index (χ1n) is 11.3. The van der Waals surface area contributed by atoms with Crippen molar-refractivity contribution in [1.29, 1.82) is 0 Å². The quantitative estimate of drug-likeness (QED) is 0.396. The van der Waals surface area contributed by atoms with Gasteiger partial charge >= 0.3 is 0 Å². The Morgan fingerprint density at radius 3 is 2.34 bits per heavy atom. The monoisotopic (exact) mass is 467 g/mol. The SMILES string of the molecule is CC(C)[C@@H]1NC(=O)[C@@H]2CCCN2C(=O)[C@H]2CCCN2C(=O)C[C@@H](C(=O)NCCS)NC1=O. The fraction of sp³-hybridized carbons (Fsp3) is 0.762. The summed E-state index contributed by atoms with van der Waals surface area (Å²) < 4.78 is 0. The fourth-order valence-corrected chi connectivity index (χ4v) is 4.78. The molecule has 11 heteroatoms. The molecule has 0 aromatic carbocycles. The molecule has 3 fully saturated rings. The molecule has 0 bridgehead atoms. The van der Waals surface area contributed by atoms with Gasteiger partial charge in [0.15, 0.2) is 0 Å². The molecule has 3 N–H and O–H groups in total. The van der Waals surface area contributed by atoms with Gasteiger partial charge in [0.2, 0.25) is 29.5 Å². The van der Waals surface area contributed by atoms with E-state index in [1.165, 1.54) is 4.90 Å². The van der Waals surface area contributed by atoms with Gasteiger partial charge in [0.05, 0.1) is 6.42 Å². The molecule has 0 unspecified atom stereocenters. The average Bonchev–Trinajstić information content (AvgIpc) is 3.43. The van der Waals surface area contributed by atoms with Gasteiger partial charge in [-0.15, -0.1) is 0 Å². The highest BCUT2D eigenvalue weighted by atomic mass is 32.1. The lowest BCUT2D eigenvalue weighted by Crippen LogP contribution is -2.58. The van der Waals surface area contributed by atoms with Crippen LogP contribution in [0.25, 0.3) is 0 Å². The van der Waals surface area contributed by atoms with E-state index in [9.17, 15) is 24.0 Å². The summed E-state index contributed by atoms with van der Waals surface area (Å²) in [7, 11) is 0. The van der Waals surface area contributed by atoms with Crippen LogP contribution in [0, 0.1) is 5.92 Å². The molecule has 10 nitrogen and oxygen atoms in total. The lowest BCUT2D eigenvalue weighted by Gasteiger charge is -2.31. The number of hydrogen-bond acceptors (Lipinski definition) is 6. The van der Waals surface area contributed by atoms with Crippen LogP contribution in [0.2, 0.25) is 0 Å². The number of carbonyl (C=O) groups is 5. The Balaban J connectivity index is 1.94. The summed E-state index contributed by atoms with van der Waals surface area (Å²) in [4.78, 5) is 68.3. The third-order valence-electron chi connectivity index (χ3n) is 6.37. The van der Waals surface area contributed by atoms with Crippen molar-refractivity contribution in [3.8, 4) is 0 Å². The molecule has 3 saturated heterocycles. The molecule has 0 aromatic rings. The van der Waals surface area contributed by atoms with E-state index in [0.717, 1.165) is 0 Å². The van der Waals surface area contributed by atoms with Crippen LogP contribution in [0.4, 0.5) is 0 Å². The second-order valence-corrected chi connectivity index (χ2v) is 9.39. The zero-order chi connectivity index (χ0) is 23.4. The lowest BCUT2D eigenvalue weighted by atomic mass is 10.0. The van der Waals surface area contributed by atoms with Crippen molar-refractivity contribution in [2.24, 2.45) is 5.92 Å². The molecule has 0 aromatic heterocycles. The maximum absolute atomic E-state index is 13.3. The zero-order valence-electron chi connectivity index (χ0n) is 18.6. The van der Waals surface area contributed by atoms with Crippen molar-refractivity contribution in [2.45, 2.75) is 70.1 Å². The van der Waals surface area contributed by atoms with Gasteiger partial charge in [-0.05, 0) is 31.6 Å². The standard InChI is InChI=1S/C21H33N5O5S/c1-12(2)17-20(30)23-13(18(28)22-7-10-32)11-16(27)25-8-4-6-15(25)21(31)26-9-3-5-14(26)19(29)24-17/h12-15,17,32H,3-11H2,1-2H3,(H,22,28)(H,23,30)(H,24,29)/t13-,14-,15+,17-/m0/s1. The van der Waals surface area contributed by atoms with E-state index in [0.29, 0.717) is 44.5 Å². The van der Waals surface area contributed by atoms with Crippen molar-refractivity contribution < 1.29 is 24.0 Å². The minimum absolute atomic E-state index is 0.232. The number of fused-ring (bicyclic) bond motifs is 2. The summed E-state index contributed by atoms with van der Waals surface area (Å²) in [6.07, 6.45) is 2.14. The van der Waals surface area contributed by atoms with Crippen LogP contribution >= 0.6 is 12.6 Å². The van der Waals surface area contributed by atoms with Crippen molar-refractivity contribution >= 4 is 42.2 Å². The maximum atomic E-state index is 13.3. The number of rotatable bonds is 4. The normalized spacial score (nSPS) is 29.5. The van der Waals surface area contributed by atoms with Gasteiger partial charge in [-0.2, -0.15) is 12.6 Å². The first-order chi connectivity index (χ1) is 15.2. The van der Waals surface area contributed by atoms with Crippen LogP contribution in [-0.4, -0.2) is 88.9 Å². The van der Waals surface area contributed by atoms with E-state index in [-0.39, 0.29) is 36.6 Å². The van der Waals surface area contributed by atoms with Crippen LogP contribution in [0.3, 0.4) is 0 Å². The van der Waals surface area contributed by atoms with Gasteiger partial charge in [-0.3, -0.25) is 24.0 Å². The number of amides is 5. The van der Waals surface area contributed by atoms with E-state index >= 15 is 0 Å². The molecule has 3 aliphatic heterocycles. The first kappa shape index (κ1) is 24.3. The van der Waals surface area contributed by atoms with E-state index < -0.39 is 36.0 Å². The Hall–Kier alpha value is -2.30. The van der Waals surface area contributed by atoms with Crippen LogP contribution in [0.5, 0.6) is 0 Å². The van der Waals surface area contributed by atoms with Crippen molar-refractivity contribution in [3.63, 3.8) is 0 Å². The maximum Gasteiger partial charge on any atom is 0.246 e. The molecule has 3 heterocycles. The van der Waals surface area contributed by atoms with Crippen molar-refractivity contribution in [1.82, 2.24) is 25.8 Å². The fourth-order valence-electron chi connectivity index (χ4n) is 4.67. The molecule has 0 saturated carbocycles. The predicted molar refractivity (Wildman–Crippen MR) is 120 cm³/mol. The largest absolute Gasteiger partial charge is 0.353 e. The van der Waals surface area contributed by atoms with Crippen molar-refractivity contribution in [2.75, 3.05) is 25.4 Å². The van der Waals surface area contributed by atoms with Gasteiger partial charge in [-0.1, -0.05) is 13.8 Å². The van der Waals surface area contributed by atoms with Gasteiger partial charge in [0.25, 0.3) is 0 Å². The number of nitrogens with zero attached hydrogens (tertiary/aromatic N) is 2.